The van der Waals surface area contributed by atoms with Gasteiger partial charge in [0.25, 0.3) is 0 Å². The molecule has 0 bridgehead atoms. The van der Waals surface area contributed by atoms with E-state index in [0.717, 1.165) is 0 Å². The van der Waals surface area contributed by atoms with Crippen molar-refractivity contribution in [2.24, 2.45) is 0 Å². The molecule has 0 aliphatic carbocycles. The van der Waals surface area contributed by atoms with E-state index in [-0.39, 0.29) is 23.8 Å². The van der Waals surface area contributed by atoms with Crippen LogP contribution >= 0.6 is 0 Å². The van der Waals surface area contributed by atoms with Crippen molar-refractivity contribution in [2.75, 3.05) is 11.9 Å². The molecule has 1 amide bonds. The summed E-state index contributed by atoms with van der Waals surface area (Å²) in [6.45, 7) is 5.23. The topological polar surface area (TPSA) is 107 Å². The largest absolute Gasteiger partial charge is 0.462 e. The number of pyridine rings is 1. The first-order valence-corrected chi connectivity index (χ1v) is 11.0. The Labute approximate surface area is 174 Å². The summed E-state index contributed by atoms with van der Waals surface area (Å²) in [5, 5.41) is 6.38. The Kier molecular flexibility index (Phi) is 6.21. The van der Waals surface area contributed by atoms with Crippen molar-refractivity contribution in [3.05, 3.63) is 59.9 Å². The van der Waals surface area contributed by atoms with Gasteiger partial charge >= 0.3 is 5.97 Å². The van der Waals surface area contributed by atoms with Crippen LogP contribution in [0.4, 0.5) is 5.69 Å². The fraction of sp³-hybridized carbons (Fsp3) is 0.286. The smallest absolute Gasteiger partial charge is 0.341 e. The molecule has 0 aliphatic heterocycles. The van der Waals surface area contributed by atoms with Gasteiger partial charge < -0.3 is 10.1 Å². The minimum atomic E-state index is -3.35. The van der Waals surface area contributed by atoms with Crippen molar-refractivity contribution in [1.29, 1.82) is 0 Å². The number of hydrogen-bond acceptors (Lipinski definition) is 6. The number of rotatable bonds is 7. The van der Waals surface area contributed by atoms with Crippen molar-refractivity contribution in [3.8, 4) is 0 Å². The molecular weight excluding hydrogens is 406 g/mol. The molecule has 0 saturated heterocycles. The summed E-state index contributed by atoms with van der Waals surface area (Å²) in [7, 11) is -3.35. The summed E-state index contributed by atoms with van der Waals surface area (Å²) in [6.07, 6.45) is 3.14. The second kappa shape index (κ2) is 8.66. The van der Waals surface area contributed by atoms with Crippen molar-refractivity contribution >= 4 is 32.9 Å². The van der Waals surface area contributed by atoms with Crippen LogP contribution in [0.1, 0.15) is 36.7 Å². The van der Waals surface area contributed by atoms with Crippen LogP contribution in [0, 0.1) is 0 Å². The van der Waals surface area contributed by atoms with Crippen LogP contribution in [-0.4, -0.2) is 41.8 Å². The highest BCUT2D eigenvalue weighted by molar-refractivity contribution is 7.92. The van der Waals surface area contributed by atoms with Crippen molar-refractivity contribution in [1.82, 2.24) is 9.61 Å². The maximum Gasteiger partial charge on any atom is 0.341 e. The Bertz CT molecular complexity index is 1180. The third kappa shape index (κ3) is 4.51. The molecule has 0 spiro atoms. The standard InChI is InChI=1S/C21H23N3O5S/c1-4-29-21(26)18-13-22-24-10-9-16(12-19(18)24)23-20(25)11-15-5-7-17(8-6-15)30(27,28)14(2)3/h5-10,12-14H,4,11H2,1-3H3,(H,23,25). The molecule has 3 aromatic rings. The van der Waals surface area contributed by atoms with Gasteiger partial charge in [-0.1, -0.05) is 12.1 Å². The van der Waals surface area contributed by atoms with Crippen LogP contribution in [-0.2, 0) is 25.8 Å². The zero-order valence-corrected chi connectivity index (χ0v) is 17.8. The molecule has 3 rings (SSSR count). The molecule has 0 unspecified atom stereocenters. The van der Waals surface area contributed by atoms with Gasteiger partial charge in [-0.15, -0.1) is 0 Å². The van der Waals surface area contributed by atoms with Gasteiger partial charge in [0.05, 0.1) is 34.9 Å². The van der Waals surface area contributed by atoms with E-state index in [2.05, 4.69) is 10.4 Å². The van der Waals surface area contributed by atoms with Crippen LogP contribution in [0.5, 0.6) is 0 Å². The Balaban J connectivity index is 1.72. The Hall–Kier alpha value is -3.20. The normalized spacial score (nSPS) is 11.6. The average molecular weight is 429 g/mol. The SMILES string of the molecule is CCOC(=O)c1cnn2ccc(NC(=O)Cc3ccc(S(=O)(=O)C(C)C)cc3)cc12. The van der Waals surface area contributed by atoms with E-state index >= 15 is 0 Å². The summed E-state index contributed by atoms with van der Waals surface area (Å²) >= 11 is 0. The summed E-state index contributed by atoms with van der Waals surface area (Å²) in [4.78, 5) is 24.7. The van der Waals surface area contributed by atoms with E-state index in [0.29, 0.717) is 22.3 Å². The first kappa shape index (κ1) is 21.5. The predicted octanol–water partition coefficient (Wildman–Crippen LogP) is 2.87. The number of esters is 1. The van der Waals surface area contributed by atoms with Crippen LogP contribution in [0.25, 0.3) is 5.52 Å². The molecular formula is C21H23N3O5S. The summed E-state index contributed by atoms with van der Waals surface area (Å²) in [5.41, 5.74) is 2.04. The number of aromatic nitrogens is 2. The first-order valence-electron chi connectivity index (χ1n) is 9.49. The van der Waals surface area contributed by atoms with E-state index in [1.54, 1.807) is 51.2 Å². The van der Waals surface area contributed by atoms with Crippen LogP contribution in [0.3, 0.4) is 0 Å². The Morgan fingerprint density at radius 3 is 2.50 bits per heavy atom. The molecule has 0 saturated carbocycles. The van der Waals surface area contributed by atoms with Crippen molar-refractivity contribution in [3.63, 3.8) is 0 Å². The molecule has 30 heavy (non-hydrogen) atoms. The molecule has 2 heterocycles. The summed E-state index contributed by atoms with van der Waals surface area (Å²) in [6, 6.07) is 9.62. The zero-order chi connectivity index (χ0) is 21.9. The number of amides is 1. The van der Waals surface area contributed by atoms with Gasteiger partial charge in [0, 0.05) is 11.9 Å². The number of ether oxygens (including phenoxy) is 1. The van der Waals surface area contributed by atoms with Gasteiger partial charge in [0.1, 0.15) is 5.56 Å². The van der Waals surface area contributed by atoms with Gasteiger partial charge in [-0.2, -0.15) is 5.10 Å². The minimum Gasteiger partial charge on any atom is -0.462 e. The van der Waals surface area contributed by atoms with E-state index < -0.39 is 21.1 Å². The monoisotopic (exact) mass is 429 g/mol. The fourth-order valence-electron chi connectivity index (χ4n) is 2.88. The second-order valence-electron chi connectivity index (χ2n) is 6.99. The number of carbonyl (C=O) groups excluding carboxylic acids is 2. The molecule has 0 atom stereocenters. The van der Waals surface area contributed by atoms with Gasteiger partial charge in [-0.05, 0) is 50.6 Å². The maximum atomic E-state index is 12.4. The lowest BCUT2D eigenvalue weighted by molar-refractivity contribution is -0.115. The fourth-order valence-corrected chi connectivity index (χ4v) is 3.94. The van der Waals surface area contributed by atoms with Crippen LogP contribution in [0.2, 0.25) is 0 Å². The Morgan fingerprint density at radius 2 is 1.87 bits per heavy atom. The van der Waals surface area contributed by atoms with Gasteiger partial charge in [-0.3, -0.25) is 4.79 Å². The summed E-state index contributed by atoms with van der Waals surface area (Å²) < 4.78 is 30.9. The van der Waals surface area contributed by atoms with E-state index in [9.17, 15) is 18.0 Å². The third-order valence-electron chi connectivity index (χ3n) is 4.54. The molecule has 8 nitrogen and oxygen atoms in total. The molecule has 0 aliphatic rings. The summed E-state index contributed by atoms with van der Waals surface area (Å²) in [5.74, 6) is -0.747. The van der Waals surface area contributed by atoms with Gasteiger partial charge in [0.2, 0.25) is 5.91 Å². The number of nitrogens with one attached hydrogen (secondary N) is 1. The molecule has 0 radical (unpaired) electrons. The third-order valence-corrected chi connectivity index (χ3v) is 6.71. The lowest BCUT2D eigenvalue weighted by atomic mass is 10.1. The maximum absolute atomic E-state index is 12.4. The van der Waals surface area contributed by atoms with E-state index in [4.69, 9.17) is 4.74 Å². The predicted molar refractivity (Wildman–Crippen MR) is 112 cm³/mol. The molecule has 1 N–H and O–H groups in total. The molecule has 1 aromatic carbocycles. The quantitative estimate of drug-likeness (QED) is 0.579. The van der Waals surface area contributed by atoms with Crippen molar-refractivity contribution < 1.29 is 22.7 Å². The Morgan fingerprint density at radius 1 is 1.17 bits per heavy atom. The number of sulfone groups is 1. The van der Waals surface area contributed by atoms with Gasteiger partial charge in [-0.25, -0.2) is 17.7 Å². The molecule has 0 fully saturated rings. The average Bonchev–Trinajstić information content (AvgIpc) is 3.11. The van der Waals surface area contributed by atoms with Gasteiger partial charge in [0.15, 0.2) is 9.84 Å². The van der Waals surface area contributed by atoms with E-state index in [1.807, 2.05) is 0 Å². The zero-order valence-electron chi connectivity index (χ0n) is 17.0. The van der Waals surface area contributed by atoms with E-state index in [1.165, 1.54) is 22.8 Å². The number of anilines is 1. The first-order chi connectivity index (χ1) is 14.2. The highest BCUT2D eigenvalue weighted by Crippen LogP contribution is 2.19. The lowest BCUT2D eigenvalue weighted by Gasteiger charge is -2.09. The molecule has 9 heteroatoms. The number of carbonyl (C=O) groups is 2. The number of hydrogen-bond donors (Lipinski definition) is 1. The minimum absolute atomic E-state index is 0.0805. The molecule has 158 valence electrons. The molecule has 2 aromatic heterocycles. The highest BCUT2D eigenvalue weighted by atomic mass is 32.2. The second-order valence-corrected chi connectivity index (χ2v) is 9.49. The number of benzene rings is 1. The van der Waals surface area contributed by atoms with Crippen LogP contribution in [0.15, 0.2) is 53.7 Å². The van der Waals surface area contributed by atoms with Crippen molar-refractivity contribution in [2.45, 2.75) is 37.3 Å². The van der Waals surface area contributed by atoms with Crippen LogP contribution < -0.4 is 5.32 Å². The number of nitrogens with zero attached hydrogens (tertiary/aromatic N) is 2. The highest BCUT2D eigenvalue weighted by Gasteiger charge is 2.19. The number of fused-ring (bicyclic) bond motifs is 1. The lowest BCUT2D eigenvalue weighted by Crippen LogP contribution is -2.16.